The fourth-order valence-electron chi connectivity index (χ4n) is 4.79. The Morgan fingerprint density at radius 3 is 0.732 bits per heavy atom. The monoisotopic (exact) mass is 2520 g/mol. The van der Waals surface area contributed by atoms with Crippen LogP contribution in [0.15, 0.2) is 30.3 Å². The first-order valence-corrected chi connectivity index (χ1v) is 55.3. The van der Waals surface area contributed by atoms with E-state index in [1.54, 1.807) is 58.0 Å². The van der Waals surface area contributed by atoms with Crippen molar-refractivity contribution in [3.63, 3.8) is 0 Å². The molecule has 3 rings (SSSR count). The van der Waals surface area contributed by atoms with Gasteiger partial charge in [-0.3, -0.25) is 33.6 Å². The molecule has 1 aromatic rings. The average Bonchev–Trinajstić information content (AvgIpc) is 3.70. The first-order valence-electron chi connectivity index (χ1n) is 27.1. The fraction of sp³-hybridized carbons (Fsp3) is 0.709. The van der Waals surface area contributed by atoms with Crippen LogP contribution in [0, 0.1) is 31.1 Å². The number of hydrogen-bond donors (Lipinski definition) is 10. The molecule has 0 unspecified atom stereocenters. The summed E-state index contributed by atoms with van der Waals surface area (Å²) in [7, 11) is 49.8. The van der Waals surface area contributed by atoms with Gasteiger partial charge in [-0.25, -0.2) is 4.79 Å². The number of aliphatic carboxylic acids is 7. The first kappa shape index (κ1) is 151. The number of halogens is 10. The normalized spacial score (nSPS) is 13.0. The van der Waals surface area contributed by atoms with Gasteiger partial charge in [-0.05, 0) is 58.6 Å². The van der Waals surface area contributed by atoms with Crippen molar-refractivity contribution in [1.29, 1.82) is 0 Å². The zero-order valence-corrected chi connectivity index (χ0v) is 75.3. The van der Waals surface area contributed by atoms with E-state index in [1.165, 1.54) is 38.5 Å². The topological polar surface area (TPSA) is 619 Å². The Morgan fingerprint density at radius 1 is 0.433 bits per heavy atom. The maximum Gasteiger partial charge on any atom is -0.693 e. The van der Waals surface area contributed by atoms with Crippen LogP contribution in [-0.2, 0) is 116 Å². The van der Waals surface area contributed by atoms with Crippen molar-refractivity contribution in [2.24, 2.45) is 17.3 Å². The molecule has 0 amide bonds. The van der Waals surface area contributed by atoms with Crippen LogP contribution in [0.2, 0.25) is 0 Å². The van der Waals surface area contributed by atoms with E-state index in [1.807, 2.05) is 6.92 Å². The number of rotatable bonds is 18. The Kier molecular flexibility index (Phi) is 213. The first-order chi connectivity index (χ1) is 42.0. The van der Waals surface area contributed by atoms with E-state index in [9.17, 15) is 38.4 Å². The number of carboxylic acids is 8. The predicted octanol–water partition coefficient (Wildman–Crippen LogP) is 23.1. The quantitative estimate of drug-likeness (QED) is 0.0482. The summed E-state index contributed by atoms with van der Waals surface area (Å²) in [6.45, 7) is 22.8. The number of aromatic carboxylic acids is 1. The second-order valence-electron chi connectivity index (χ2n) is 18.1. The van der Waals surface area contributed by atoms with Gasteiger partial charge in [0.05, 0.1) is 23.8 Å². The summed E-state index contributed by atoms with van der Waals surface area (Å²) in [6.07, 6.45) is 19.9. The molecule has 2 aliphatic rings. The van der Waals surface area contributed by atoms with Crippen molar-refractivity contribution in [1.82, 2.24) is 0 Å². The molecule has 26 N–H and O–H groups in total. The molecule has 0 radical (unpaired) electrons. The molecule has 97 heavy (non-hydrogen) atoms. The van der Waals surface area contributed by atoms with Crippen LogP contribution in [0.25, 0.3) is 48.4 Å². The number of carboxylic acid groups (broad SMARTS) is 8. The van der Waals surface area contributed by atoms with Crippen molar-refractivity contribution < 1.29 is 177 Å². The Hall–Kier alpha value is 0.882. The molecule has 42 heteroatoms. The maximum absolute atomic E-state index is 10.2. The van der Waals surface area contributed by atoms with Crippen molar-refractivity contribution >= 4 is 142 Å². The van der Waals surface area contributed by atoms with Crippen molar-refractivity contribution in [2.45, 2.75) is 222 Å². The van der Waals surface area contributed by atoms with Crippen molar-refractivity contribution in [2.75, 3.05) is 13.7 Å². The zero-order chi connectivity index (χ0) is 73.8. The third-order valence-corrected chi connectivity index (χ3v) is 9.54. The Bertz CT molecular complexity index is 1560. The van der Waals surface area contributed by atoms with E-state index in [4.69, 9.17) is 157 Å². The Morgan fingerprint density at radius 2 is 0.629 bits per heavy atom. The van der Waals surface area contributed by atoms with Crippen LogP contribution in [-0.4, -0.2) is 130 Å². The summed E-state index contributed by atoms with van der Waals surface area (Å²) in [4.78, 5) is 78.5. The largest absolute Gasteiger partial charge is 0.693 e. The van der Waals surface area contributed by atoms with Crippen LogP contribution in [0.4, 0.5) is 0 Å². The Balaban J connectivity index is -0.0000000366. The summed E-state index contributed by atoms with van der Waals surface area (Å²) in [5.74, 6) is -5.74. The summed E-state index contributed by atoms with van der Waals surface area (Å²) in [5.41, 5.74) is 14.6. The van der Waals surface area contributed by atoms with Gasteiger partial charge in [-0.15, -0.1) is 0 Å². The third-order valence-electron chi connectivity index (χ3n) is 9.54. The third kappa shape index (κ3) is 214. The van der Waals surface area contributed by atoms with E-state index < -0.39 is 136 Å². The smallest absolute Gasteiger partial charge is 0.693 e. The minimum atomic E-state index is -1.08. The van der Waals surface area contributed by atoms with E-state index in [0.717, 1.165) is 84.2 Å². The fourth-order valence-corrected chi connectivity index (χ4v) is 4.79. The number of hydrogen-bond acceptors (Lipinski definition) is 10. The number of aliphatic hydroxyl groups is 2. The summed E-state index contributed by atoms with van der Waals surface area (Å²) >= 11 is -2.36. The van der Waals surface area contributed by atoms with Gasteiger partial charge < -0.3 is 119 Å². The molecule has 0 spiro atoms. The summed E-state index contributed by atoms with van der Waals surface area (Å²) < 4.78 is 0. The number of aliphatic hydroxyl groups excluding tert-OH is 2. The molecule has 0 aromatic heterocycles. The van der Waals surface area contributed by atoms with Gasteiger partial charge in [0.1, 0.15) is 0 Å². The number of unbranched alkanes of at least 4 members (excludes halogenated alkanes) is 6. The van der Waals surface area contributed by atoms with Gasteiger partial charge >= 0.3 is 224 Å². The van der Waals surface area contributed by atoms with Gasteiger partial charge in [0.2, 0.25) is 0 Å². The molecular formula is C55H116Cl10N8O19Pt5. The predicted molar refractivity (Wildman–Crippen MR) is 388 cm³/mol. The molecule has 2 saturated carbocycles. The van der Waals surface area contributed by atoms with Crippen LogP contribution in [0.3, 0.4) is 0 Å². The molecule has 4 atom stereocenters. The van der Waals surface area contributed by atoms with Crippen LogP contribution in [0.1, 0.15) is 220 Å². The van der Waals surface area contributed by atoms with E-state index >= 15 is 0 Å². The number of carbonyl (C=O) groups is 8. The maximum atomic E-state index is 10.2. The van der Waals surface area contributed by atoms with Crippen molar-refractivity contribution in [3.8, 4) is 0 Å². The number of benzene rings is 1. The molecule has 0 heterocycles. The standard InChI is InChI=1S/2C7H13N.C7H6O2.3C6H12O2.C5H10O2.C4H6O4.C3H6O2.C3H8O.CH4O.10ClH.6H2N.H2O.5Pt/c2*1-6-4-2-3-5-7(6)8;8-7(9)6-4-2-1-3-5-6;3*1-2-3-4-5-6(7)8;1-5(2,3)4(6)7;5-3(6)1-2-4(7)8;1-2-3(4)5;1-2-3-4;1-2;;;;;;;;;;;;;;;;;;;;;;/h2*6-8H,1-5H2;1-5H,(H,8,9);3*2-5H2,1H3,(H,7,8);1-3H3,(H,6,7);1-2H2,(H,5,6)(H,7,8);2H2,1H3,(H,4,5);4H,2-3H2,1H3;2H,1H3;10*1H;7*1H2;;;;;/q2*-2;;;;;;;;;;;;;;;;;;;;6*-1;;5*+4/p-10/t2*6-,7-;;;;;;;;;;;;;;;;;;;;;;;;;;;;;;;/m11.............................../s1. The van der Waals surface area contributed by atoms with Gasteiger partial charge in [0, 0.05) is 39.4 Å². The van der Waals surface area contributed by atoms with Crippen LogP contribution >= 0.6 is 94.2 Å². The van der Waals surface area contributed by atoms with Gasteiger partial charge in [-0.1, -0.05) is 143 Å². The minimum Gasteiger partial charge on any atom is -0.693 e. The van der Waals surface area contributed by atoms with Gasteiger partial charge in [-0.2, -0.15) is 23.9 Å². The SMILES string of the molecule is CC(C)(C)C(=O)O.CCC(=O)O.CCCCCC(=O)O.CCCCCC(=O)O.CCCCCC(=O)O.CCCO.CO.O.O=C(O)CCC(=O)O.O=C(O)c1ccccc1.[CH2-][C@@H]1CCCC[C@H]1[NH-].[CH2-][C@@H]1CCCC[C@H]1[NH-].[Cl][Pt+2][Cl].[Cl][Pt+2][Cl].[Cl][Pt+2][Cl].[Cl][Pt+2][Cl].[Cl][Pt+2][Cl].[NH2-].[NH2-].[NH2-].[NH2-].[NH2-].[NH2-]. The number of nitrogens with two attached hydrogens (primary N) is 6. The molecule has 0 aliphatic heterocycles. The van der Waals surface area contributed by atoms with E-state index in [0.29, 0.717) is 43.3 Å². The molecule has 27 nitrogen and oxygen atoms in total. The second kappa shape index (κ2) is 136. The van der Waals surface area contributed by atoms with E-state index in [-0.39, 0.29) is 73.7 Å². The summed E-state index contributed by atoms with van der Waals surface area (Å²) in [5, 5.41) is 79.5. The van der Waals surface area contributed by atoms with Gasteiger partial charge in [0.25, 0.3) is 0 Å². The number of nitrogens with one attached hydrogen (secondary N) is 2. The molecule has 0 bridgehead atoms. The molecule has 2 fully saturated rings. The molecule has 1 aromatic carbocycles. The zero-order valence-electron chi connectivity index (χ0n) is 56.4. The van der Waals surface area contributed by atoms with E-state index in [2.05, 4.69) is 34.6 Å². The van der Waals surface area contributed by atoms with Crippen LogP contribution < -0.4 is 0 Å². The molecule has 610 valence electrons. The van der Waals surface area contributed by atoms with Crippen LogP contribution in [0.5, 0.6) is 0 Å². The molecule has 0 saturated heterocycles. The molecule has 2 aliphatic carbocycles. The summed E-state index contributed by atoms with van der Waals surface area (Å²) in [6, 6.07) is 8.58. The van der Waals surface area contributed by atoms with Crippen molar-refractivity contribution in [3.05, 3.63) is 98.1 Å². The Labute approximate surface area is 662 Å². The second-order valence-corrected chi connectivity index (χ2v) is 34.5. The average molecular weight is 2520 g/mol. The van der Waals surface area contributed by atoms with Gasteiger partial charge in [0.15, 0.2) is 0 Å². The molecular weight excluding hydrogens is 2410 g/mol. The minimum absolute atomic E-state index is 0.